The monoisotopic (exact) mass is 652 g/mol. The van der Waals surface area contributed by atoms with Gasteiger partial charge < -0.3 is 9.97 Å². The molecule has 2 aliphatic heterocycles. The van der Waals surface area contributed by atoms with Crippen LogP contribution in [0.3, 0.4) is 0 Å². The molecule has 0 unspecified atom stereocenters. The van der Waals surface area contributed by atoms with Gasteiger partial charge >= 0.3 is 48.9 Å². The fraction of sp³-hybridized carbons (Fsp3) is 0. The Kier molecular flexibility index (Phi) is 5.66. The predicted octanol–water partition coefficient (Wildman–Crippen LogP) is 6.49. The molecule has 186 valence electrons. The largest absolute Gasteiger partial charge is 2.00 e. The molecule has 9 heteroatoms. The van der Waals surface area contributed by atoms with E-state index in [-0.39, 0.29) is 48.9 Å². The molecular weight excluding hydrogens is 634 g/mol. The van der Waals surface area contributed by atoms with Gasteiger partial charge in [-0.2, -0.15) is 0 Å². The molecule has 0 fully saturated rings. The second-order valence-corrected chi connectivity index (χ2v) is 9.79. The molecule has 5 heterocycles. The van der Waals surface area contributed by atoms with Crippen molar-refractivity contribution in [3.05, 3.63) is 97.1 Å². The Morgan fingerprint density at radius 2 is 0.561 bits per heavy atom. The maximum Gasteiger partial charge on any atom is 2.00 e. The molecule has 0 saturated carbocycles. The smallest absolute Gasteiger partial charge is 0.324 e. The van der Waals surface area contributed by atoms with E-state index in [0.29, 0.717) is 45.9 Å². The van der Waals surface area contributed by atoms with Gasteiger partial charge in [-0.05, 0) is 0 Å². The van der Waals surface area contributed by atoms with Gasteiger partial charge in [0.2, 0.25) is 0 Å². The molecule has 9 rings (SSSR count). The minimum atomic E-state index is 0. The van der Waals surface area contributed by atoms with Gasteiger partial charge in [-0.25, -0.2) is 29.9 Å². The number of H-pyrrole nitrogens is 2. The van der Waals surface area contributed by atoms with Crippen molar-refractivity contribution >= 4 is 93.0 Å². The summed E-state index contributed by atoms with van der Waals surface area (Å²) in [5, 5.41) is 3.82. The van der Waals surface area contributed by atoms with Gasteiger partial charge in [0.25, 0.3) is 0 Å². The molecule has 0 spiro atoms. The summed E-state index contributed by atoms with van der Waals surface area (Å²) in [7, 11) is 0. The van der Waals surface area contributed by atoms with Gasteiger partial charge in [0.05, 0.1) is 0 Å². The summed E-state index contributed by atoms with van der Waals surface area (Å²) in [6.07, 6.45) is 0. The van der Waals surface area contributed by atoms with Crippen LogP contribution in [0.4, 0.5) is 0 Å². The minimum Gasteiger partial charge on any atom is -0.324 e. The van der Waals surface area contributed by atoms with Crippen LogP contribution < -0.4 is 0 Å². The van der Waals surface area contributed by atoms with E-state index in [1.807, 2.05) is 97.1 Å². The van der Waals surface area contributed by atoms with Crippen LogP contribution in [-0.2, 0) is 0 Å². The number of fused-ring (bicyclic) bond motifs is 20. The zero-order chi connectivity index (χ0) is 26.2. The molecular formula is C32H18BaN8+2. The van der Waals surface area contributed by atoms with Gasteiger partial charge in [-0.3, -0.25) is 0 Å². The first-order valence-electron chi connectivity index (χ1n) is 13.0. The second-order valence-electron chi connectivity index (χ2n) is 9.79. The van der Waals surface area contributed by atoms with Crippen LogP contribution >= 0.6 is 0 Å². The van der Waals surface area contributed by atoms with Crippen LogP contribution in [0.1, 0.15) is 0 Å². The van der Waals surface area contributed by atoms with Crippen LogP contribution in [0.2, 0.25) is 0 Å². The van der Waals surface area contributed by atoms with Gasteiger partial charge in [-0.15, -0.1) is 0 Å². The van der Waals surface area contributed by atoms with E-state index in [2.05, 4.69) is 9.97 Å². The maximum atomic E-state index is 5.02. The predicted molar refractivity (Wildman–Crippen MR) is 162 cm³/mol. The molecule has 3 aromatic heterocycles. The van der Waals surface area contributed by atoms with E-state index in [1.165, 1.54) is 0 Å². The van der Waals surface area contributed by atoms with Crippen molar-refractivity contribution in [1.29, 1.82) is 0 Å². The molecule has 7 aromatic rings. The zero-order valence-electron chi connectivity index (χ0n) is 21.6. The summed E-state index contributed by atoms with van der Waals surface area (Å²) in [6, 6.07) is 32.2. The van der Waals surface area contributed by atoms with Crippen molar-refractivity contribution in [2.45, 2.75) is 0 Å². The van der Waals surface area contributed by atoms with Crippen LogP contribution in [0.15, 0.2) is 97.1 Å². The van der Waals surface area contributed by atoms with E-state index in [9.17, 15) is 0 Å². The van der Waals surface area contributed by atoms with Crippen molar-refractivity contribution in [3.63, 3.8) is 0 Å². The topological polar surface area (TPSA) is 109 Å². The minimum absolute atomic E-state index is 0. The van der Waals surface area contributed by atoms with Crippen LogP contribution in [0.5, 0.6) is 0 Å². The Labute approximate surface area is 273 Å². The number of nitrogens with one attached hydrogen (secondary N) is 2. The summed E-state index contributed by atoms with van der Waals surface area (Å²) in [6.45, 7) is 0. The molecule has 2 N–H and O–H groups in total. The van der Waals surface area contributed by atoms with Gasteiger partial charge in [0.1, 0.15) is 22.6 Å². The van der Waals surface area contributed by atoms with E-state index in [1.54, 1.807) is 0 Å². The zero-order valence-corrected chi connectivity index (χ0v) is 26.1. The average molecular weight is 652 g/mol. The van der Waals surface area contributed by atoms with Gasteiger partial charge in [0.15, 0.2) is 23.3 Å². The standard InChI is InChI=1S/C32H18N8.Ba/c1-2-10-18-17(9-1)25-33-26(18)38-28-21-13-5-6-14-22(21)30(35-28)40-32-24-16-8-7-15-23(24)31(36-32)39-29-20-12-4-3-11-19(20)27(34-29)37-25;/h1-16H,(H2,33,34,35,36,37,38,39,40);/q;+2. The van der Waals surface area contributed by atoms with Crippen molar-refractivity contribution in [2.24, 2.45) is 0 Å². The third kappa shape index (κ3) is 3.80. The number of hydrogen-bond acceptors (Lipinski definition) is 6. The van der Waals surface area contributed by atoms with E-state index in [4.69, 9.17) is 29.9 Å². The Morgan fingerprint density at radius 3 is 0.829 bits per heavy atom. The molecule has 41 heavy (non-hydrogen) atoms. The van der Waals surface area contributed by atoms with Crippen molar-refractivity contribution < 1.29 is 0 Å². The number of nitrogens with zero attached hydrogens (tertiary/aromatic N) is 6. The first-order valence-corrected chi connectivity index (χ1v) is 13.0. The van der Waals surface area contributed by atoms with E-state index >= 15 is 0 Å². The Bertz CT molecular complexity index is 2030. The summed E-state index contributed by atoms with van der Waals surface area (Å²) in [5.74, 6) is 2.39. The van der Waals surface area contributed by atoms with Crippen LogP contribution in [0, 0.1) is 0 Å². The fourth-order valence-corrected chi connectivity index (χ4v) is 5.59. The van der Waals surface area contributed by atoms with Crippen molar-refractivity contribution in [2.75, 3.05) is 0 Å². The summed E-state index contributed by atoms with van der Waals surface area (Å²) >= 11 is 0. The molecule has 8 nitrogen and oxygen atoms in total. The fourth-order valence-electron chi connectivity index (χ4n) is 5.59. The third-order valence-corrected chi connectivity index (χ3v) is 7.46. The normalized spacial score (nSPS) is 11.7. The Morgan fingerprint density at radius 1 is 0.317 bits per heavy atom. The van der Waals surface area contributed by atoms with Crippen molar-refractivity contribution in [1.82, 2.24) is 39.9 Å². The number of aromatic amines is 2. The SMILES string of the molecule is [Ba+2].c1ccc2c(c1)-c1nc-2nc2[nH]c(nc3nc(nc4[nH]c(n1)c1ccccc41)-c1ccccc1-3)c1ccccc21. The first-order chi connectivity index (χ1) is 19.8. The number of rotatable bonds is 0. The van der Waals surface area contributed by atoms with Gasteiger partial charge in [-0.1, -0.05) is 97.1 Å². The second kappa shape index (κ2) is 9.44. The maximum absolute atomic E-state index is 5.02. The molecule has 0 aliphatic carbocycles. The average Bonchev–Trinajstić information content (AvgIpc) is 3.73. The molecule has 0 saturated heterocycles. The summed E-state index contributed by atoms with van der Waals surface area (Å²) < 4.78 is 0. The van der Waals surface area contributed by atoms with Gasteiger partial charge in [0, 0.05) is 43.8 Å². The number of aromatic nitrogens is 8. The third-order valence-electron chi connectivity index (χ3n) is 7.46. The number of benzene rings is 4. The molecule has 2 aliphatic rings. The molecule has 8 bridgehead atoms. The molecule has 0 amide bonds. The van der Waals surface area contributed by atoms with E-state index in [0.717, 1.165) is 43.8 Å². The first kappa shape index (κ1) is 24.6. The molecule has 4 aromatic carbocycles. The Hall–Kier alpha value is -4.19. The van der Waals surface area contributed by atoms with E-state index < -0.39 is 0 Å². The quantitative estimate of drug-likeness (QED) is 0.182. The Balaban J connectivity index is 0.00000256. The summed E-state index contributed by atoms with van der Waals surface area (Å²) in [5.41, 5.74) is 6.45. The van der Waals surface area contributed by atoms with Crippen LogP contribution in [0.25, 0.3) is 89.7 Å². The molecule has 0 atom stereocenters. The summed E-state index contributed by atoms with van der Waals surface area (Å²) in [4.78, 5) is 36.8. The van der Waals surface area contributed by atoms with Crippen molar-refractivity contribution in [3.8, 4) is 45.6 Å². The molecule has 0 radical (unpaired) electrons. The van der Waals surface area contributed by atoms with Crippen LogP contribution in [-0.4, -0.2) is 88.8 Å². The number of hydrogen-bond donors (Lipinski definition) is 2.